The quantitative estimate of drug-likeness (QED) is 0.854. The average molecular weight is 354 g/mol. The Morgan fingerprint density at radius 2 is 1.81 bits per heavy atom. The zero-order valence-electron chi connectivity index (χ0n) is 12.0. The third-order valence-corrected chi connectivity index (χ3v) is 4.04. The minimum Gasteiger partial charge on any atom is -0.497 e. The smallest absolute Gasteiger partial charge is 0.137 e. The van der Waals surface area contributed by atoms with E-state index in [-0.39, 0.29) is 5.82 Å². The van der Waals surface area contributed by atoms with E-state index >= 15 is 0 Å². The van der Waals surface area contributed by atoms with Crippen LogP contribution >= 0.6 is 15.9 Å². The fraction of sp³-hybridized carbons (Fsp3) is 0.250. The highest BCUT2D eigenvalue weighted by Crippen LogP contribution is 2.25. The molecule has 5 heteroatoms. The van der Waals surface area contributed by atoms with Crippen LogP contribution in [0.4, 0.5) is 4.39 Å². The van der Waals surface area contributed by atoms with E-state index in [0.717, 1.165) is 22.6 Å². The SMILES string of the molecule is COc1ccc(CNCc2cccc(F)c2Br)c(OC)c1. The molecule has 2 aromatic carbocycles. The Labute approximate surface area is 132 Å². The molecule has 0 unspecified atom stereocenters. The molecule has 0 bridgehead atoms. The van der Waals surface area contributed by atoms with Crippen molar-refractivity contribution in [3.8, 4) is 11.5 Å². The molecule has 0 amide bonds. The lowest BCUT2D eigenvalue weighted by molar-refractivity contribution is 0.389. The molecule has 0 radical (unpaired) electrons. The van der Waals surface area contributed by atoms with E-state index in [0.29, 0.717) is 17.6 Å². The number of methoxy groups -OCH3 is 2. The summed E-state index contributed by atoms with van der Waals surface area (Å²) < 4.78 is 24.4. The number of nitrogens with one attached hydrogen (secondary N) is 1. The van der Waals surface area contributed by atoms with Gasteiger partial charge in [-0.05, 0) is 33.6 Å². The largest absolute Gasteiger partial charge is 0.497 e. The topological polar surface area (TPSA) is 30.5 Å². The van der Waals surface area contributed by atoms with Crippen LogP contribution in [0.5, 0.6) is 11.5 Å². The first-order chi connectivity index (χ1) is 10.2. The first-order valence-corrected chi connectivity index (χ1v) is 7.29. The minimum absolute atomic E-state index is 0.253. The number of hydrogen-bond acceptors (Lipinski definition) is 3. The molecule has 2 rings (SSSR count). The lowest BCUT2D eigenvalue weighted by Gasteiger charge is -2.12. The second-order valence-electron chi connectivity index (χ2n) is 4.49. The van der Waals surface area contributed by atoms with E-state index in [1.54, 1.807) is 20.3 Å². The number of ether oxygens (including phenoxy) is 2. The molecule has 0 fully saturated rings. The van der Waals surface area contributed by atoms with Crippen molar-refractivity contribution in [2.75, 3.05) is 14.2 Å². The maximum atomic E-state index is 13.4. The fourth-order valence-electron chi connectivity index (χ4n) is 2.01. The summed E-state index contributed by atoms with van der Waals surface area (Å²) in [5.74, 6) is 1.26. The maximum Gasteiger partial charge on any atom is 0.137 e. The number of hydrogen-bond donors (Lipinski definition) is 1. The standard InChI is InChI=1S/C16H17BrFNO2/c1-20-13-7-6-11(15(8-13)21-2)9-19-10-12-4-3-5-14(18)16(12)17/h3-8,19H,9-10H2,1-2H3. The van der Waals surface area contributed by atoms with E-state index in [1.807, 2.05) is 24.3 Å². The summed E-state index contributed by atoms with van der Waals surface area (Å²) in [6.07, 6.45) is 0. The third-order valence-electron chi connectivity index (χ3n) is 3.16. The molecule has 0 atom stereocenters. The van der Waals surface area contributed by atoms with Gasteiger partial charge in [-0.2, -0.15) is 0 Å². The van der Waals surface area contributed by atoms with Crippen LogP contribution in [-0.2, 0) is 13.1 Å². The second-order valence-corrected chi connectivity index (χ2v) is 5.29. The van der Waals surface area contributed by atoms with Gasteiger partial charge in [0.25, 0.3) is 0 Å². The van der Waals surface area contributed by atoms with Crippen molar-refractivity contribution in [2.45, 2.75) is 13.1 Å². The summed E-state index contributed by atoms with van der Waals surface area (Å²) in [6.45, 7) is 1.18. The van der Waals surface area contributed by atoms with Crippen molar-refractivity contribution in [3.63, 3.8) is 0 Å². The summed E-state index contributed by atoms with van der Waals surface area (Å²) >= 11 is 3.26. The van der Waals surface area contributed by atoms with Crippen LogP contribution in [-0.4, -0.2) is 14.2 Å². The minimum atomic E-state index is -0.253. The van der Waals surface area contributed by atoms with Crippen LogP contribution in [0.1, 0.15) is 11.1 Å². The molecule has 0 saturated carbocycles. The van der Waals surface area contributed by atoms with Gasteiger partial charge in [0.15, 0.2) is 0 Å². The van der Waals surface area contributed by atoms with E-state index in [1.165, 1.54) is 6.07 Å². The normalized spacial score (nSPS) is 10.5. The van der Waals surface area contributed by atoms with Crippen LogP contribution < -0.4 is 14.8 Å². The number of halogens is 2. The first-order valence-electron chi connectivity index (χ1n) is 6.50. The predicted octanol–water partition coefficient (Wildman–Crippen LogP) is 3.90. The Morgan fingerprint density at radius 1 is 1.05 bits per heavy atom. The molecule has 0 saturated heterocycles. The fourth-order valence-corrected chi connectivity index (χ4v) is 2.42. The molecule has 0 aliphatic heterocycles. The Kier molecular flexibility index (Phi) is 5.59. The zero-order chi connectivity index (χ0) is 15.2. The van der Waals surface area contributed by atoms with Gasteiger partial charge in [-0.1, -0.05) is 18.2 Å². The first kappa shape index (κ1) is 15.8. The van der Waals surface area contributed by atoms with Gasteiger partial charge in [0.1, 0.15) is 17.3 Å². The van der Waals surface area contributed by atoms with Crippen molar-refractivity contribution in [1.82, 2.24) is 5.32 Å². The molecular formula is C16H17BrFNO2. The highest BCUT2D eigenvalue weighted by Gasteiger charge is 2.07. The monoisotopic (exact) mass is 353 g/mol. The lowest BCUT2D eigenvalue weighted by Crippen LogP contribution is -2.14. The van der Waals surface area contributed by atoms with E-state index in [4.69, 9.17) is 9.47 Å². The summed E-state index contributed by atoms with van der Waals surface area (Å²) in [7, 11) is 3.25. The molecule has 0 aliphatic carbocycles. The lowest BCUT2D eigenvalue weighted by atomic mass is 10.1. The summed E-state index contributed by atoms with van der Waals surface area (Å²) in [5, 5.41) is 3.28. The summed E-state index contributed by atoms with van der Waals surface area (Å²) in [4.78, 5) is 0. The summed E-state index contributed by atoms with van der Waals surface area (Å²) in [6, 6.07) is 10.7. The third kappa shape index (κ3) is 3.95. The van der Waals surface area contributed by atoms with E-state index in [2.05, 4.69) is 21.2 Å². The molecule has 0 spiro atoms. The molecule has 0 heterocycles. The molecule has 0 aromatic heterocycles. The highest BCUT2D eigenvalue weighted by molar-refractivity contribution is 9.10. The van der Waals surface area contributed by atoms with Gasteiger partial charge in [-0.15, -0.1) is 0 Å². The Morgan fingerprint density at radius 3 is 2.52 bits per heavy atom. The van der Waals surface area contributed by atoms with Crippen molar-refractivity contribution in [3.05, 3.63) is 57.8 Å². The van der Waals surface area contributed by atoms with Crippen molar-refractivity contribution < 1.29 is 13.9 Å². The van der Waals surface area contributed by atoms with Gasteiger partial charge >= 0.3 is 0 Å². The van der Waals surface area contributed by atoms with E-state index in [9.17, 15) is 4.39 Å². The van der Waals surface area contributed by atoms with E-state index < -0.39 is 0 Å². The Balaban J connectivity index is 2.02. The molecular weight excluding hydrogens is 337 g/mol. The number of benzene rings is 2. The molecule has 2 aromatic rings. The molecule has 21 heavy (non-hydrogen) atoms. The van der Waals surface area contributed by atoms with Crippen LogP contribution in [0.25, 0.3) is 0 Å². The van der Waals surface area contributed by atoms with Crippen LogP contribution in [0, 0.1) is 5.82 Å². The van der Waals surface area contributed by atoms with Gasteiger partial charge in [-0.25, -0.2) is 4.39 Å². The summed E-state index contributed by atoms with van der Waals surface area (Å²) in [5.41, 5.74) is 1.90. The molecule has 1 N–H and O–H groups in total. The maximum absolute atomic E-state index is 13.4. The molecule has 112 valence electrons. The van der Waals surface area contributed by atoms with Crippen molar-refractivity contribution in [1.29, 1.82) is 0 Å². The van der Waals surface area contributed by atoms with Gasteiger partial charge in [0.05, 0.1) is 18.7 Å². The predicted molar refractivity (Wildman–Crippen MR) is 84.2 cm³/mol. The Bertz CT molecular complexity index is 619. The van der Waals surface area contributed by atoms with Crippen LogP contribution in [0.2, 0.25) is 0 Å². The Hall–Kier alpha value is -1.59. The van der Waals surface area contributed by atoms with Gasteiger partial charge < -0.3 is 14.8 Å². The second kappa shape index (κ2) is 7.43. The van der Waals surface area contributed by atoms with Gasteiger partial charge in [0.2, 0.25) is 0 Å². The van der Waals surface area contributed by atoms with Crippen LogP contribution in [0.15, 0.2) is 40.9 Å². The average Bonchev–Trinajstić information content (AvgIpc) is 2.51. The molecule has 3 nitrogen and oxygen atoms in total. The molecule has 0 aliphatic rings. The van der Waals surface area contributed by atoms with Crippen molar-refractivity contribution in [2.24, 2.45) is 0 Å². The number of rotatable bonds is 6. The van der Waals surface area contributed by atoms with Gasteiger partial charge in [-0.3, -0.25) is 0 Å². The van der Waals surface area contributed by atoms with Crippen LogP contribution in [0.3, 0.4) is 0 Å². The highest BCUT2D eigenvalue weighted by atomic mass is 79.9. The van der Waals surface area contributed by atoms with Gasteiger partial charge in [0, 0.05) is 24.7 Å². The zero-order valence-corrected chi connectivity index (χ0v) is 13.5. The van der Waals surface area contributed by atoms with Crippen molar-refractivity contribution >= 4 is 15.9 Å².